The van der Waals surface area contributed by atoms with E-state index in [2.05, 4.69) is 20.8 Å². The molecule has 1 aliphatic rings. The fourth-order valence-electron chi connectivity index (χ4n) is 3.53. The summed E-state index contributed by atoms with van der Waals surface area (Å²) in [7, 11) is 0. The number of carbonyl (C=O) groups is 1. The van der Waals surface area contributed by atoms with Gasteiger partial charge in [-0.05, 0) is 58.3 Å². The number of hydrogen-bond donors (Lipinski definition) is 1. The fourth-order valence-corrected chi connectivity index (χ4v) is 3.53. The number of aliphatic hydroxyl groups is 1. The van der Waals surface area contributed by atoms with Crippen molar-refractivity contribution in [1.82, 2.24) is 0 Å². The first kappa shape index (κ1) is 16.5. The number of rotatable bonds is 2. The van der Waals surface area contributed by atoms with Gasteiger partial charge in [0.25, 0.3) is 0 Å². The van der Waals surface area contributed by atoms with Gasteiger partial charge in [-0.2, -0.15) is 0 Å². The van der Waals surface area contributed by atoms with Crippen molar-refractivity contribution in [2.75, 3.05) is 0 Å². The van der Waals surface area contributed by atoms with Crippen LogP contribution in [-0.2, 0) is 9.53 Å². The van der Waals surface area contributed by atoms with E-state index in [1.165, 1.54) is 0 Å². The summed E-state index contributed by atoms with van der Waals surface area (Å²) < 4.78 is 5.42. The van der Waals surface area contributed by atoms with E-state index in [-0.39, 0.29) is 11.4 Å². The van der Waals surface area contributed by atoms with E-state index in [1.807, 2.05) is 20.8 Å². The highest BCUT2D eigenvalue weighted by Gasteiger charge is 2.48. The van der Waals surface area contributed by atoms with Gasteiger partial charge in [0.2, 0.25) is 0 Å². The maximum Gasteiger partial charge on any atom is 0.312 e. The zero-order chi connectivity index (χ0) is 15.1. The minimum absolute atomic E-state index is 0.0721. The lowest BCUT2D eigenvalue weighted by Crippen LogP contribution is -2.50. The lowest BCUT2D eigenvalue weighted by atomic mass is 9.62. The molecule has 1 N–H and O–H groups in total. The molecule has 1 rings (SSSR count). The lowest BCUT2D eigenvalue weighted by molar-refractivity contribution is -0.175. The number of hydrogen-bond acceptors (Lipinski definition) is 3. The number of ether oxygens (including phenoxy) is 1. The fraction of sp³-hybridized carbons (Fsp3) is 0.938. The summed E-state index contributed by atoms with van der Waals surface area (Å²) in [5.74, 6) is -0.340. The topological polar surface area (TPSA) is 46.5 Å². The van der Waals surface area contributed by atoms with Gasteiger partial charge in [-0.3, -0.25) is 4.79 Å². The molecule has 0 aliphatic heterocycles. The SMILES string of the molecule is CC1CC(C)(C)CC(O)(C(C)C(=O)OC(C)(C)C)C1. The maximum atomic E-state index is 12.2. The van der Waals surface area contributed by atoms with E-state index in [9.17, 15) is 9.90 Å². The van der Waals surface area contributed by atoms with Gasteiger partial charge in [0.15, 0.2) is 0 Å². The molecule has 0 radical (unpaired) electrons. The van der Waals surface area contributed by atoms with E-state index in [0.717, 1.165) is 6.42 Å². The zero-order valence-corrected chi connectivity index (χ0v) is 13.5. The second-order valence-electron chi connectivity index (χ2n) is 8.21. The average Bonchev–Trinajstić information content (AvgIpc) is 2.09. The summed E-state index contributed by atoms with van der Waals surface area (Å²) in [6.07, 6.45) is 2.43. The molecule has 0 saturated heterocycles. The van der Waals surface area contributed by atoms with Gasteiger partial charge in [-0.15, -0.1) is 0 Å². The zero-order valence-electron chi connectivity index (χ0n) is 13.5. The summed E-state index contributed by atoms with van der Waals surface area (Å²) in [6.45, 7) is 13.8. The molecule has 0 aromatic rings. The second kappa shape index (κ2) is 5.08. The van der Waals surface area contributed by atoms with Crippen LogP contribution in [0.15, 0.2) is 0 Å². The first-order chi connectivity index (χ1) is 8.35. The molecule has 3 atom stereocenters. The monoisotopic (exact) mass is 270 g/mol. The first-order valence-corrected chi connectivity index (χ1v) is 7.30. The lowest BCUT2D eigenvalue weighted by Gasteiger charge is -2.47. The molecule has 3 unspecified atom stereocenters. The molecule has 1 saturated carbocycles. The smallest absolute Gasteiger partial charge is 0.312 e. The van der Waals surface area contributed by atoms with Crippen molar-refractivity contribution in [1.29, 1.82) is 0 Å². The third-order valence-electron chi connectivity index (χ3n) is 3.95. The highest BCUT2D eigenvalue weighted by Crippen LogP contribution is 2.47. The van der Waals surface area contributed by atoms with Crippen LogP contribution in [0.3, 0.4) is 0 Å². The van der Waals surface area contributed by atoms with Crippen LogP contribution in [0.25, 0.3) is 0 Å². The highest BCUT2D eigenvalue weighted by atomic mass is 16.6. The average molecular weight is 270 g/mol. The quantitative estimate of drug-likeness (QED) is 0.781. The summed E-state index contributed by atoms with van der Waals surface area (Å²) in [4.78, 5) is 12.2. The Hall–Kier alpha value is -0.570. The molecule has 0 bridgehead atoms. The molecule has 3 heteroatoms. The molecule has 112 valence electrons. The van der Waals surface area contributed by atoms with Gasteiger partial charge in [-0.25, -0.2) is 0 Å². The summed E-state index contributed by atoms with van der Waals surface area (Å²) >= 11 is 0. The van der Waals surface area contributed by atoms with Crippen molar-refractivity contribution < 1.29 is 14.6 Å². The van der Waals surface area contributed by atoms with Crippen molar-refractivity contribution in [2.45, 2.75) is 78.9 Å². The van der Waals surface area contributed by atoms with Crippen LogP contribution in [-0.4, -0.2) is 22.3 Å². The molecule has 19 heavy (non-hydrogen) atoms. The molecule has 0 aromatic carbocycles. The first-order valence-electron chi connectivity index (χ1n) is 7.30. The van der Waals surface area contributed by atoms with Crippen LogP contribution < -0.4 is 0 Å². The molecule has 3 nitrogen and oxygen atoms in total. The molecule has 1 fully saturated rings. The normalized spacial score (nSPS) is 32.7. The van der Waals surface area contributed by atoms with E-state index >= 15 is 0 Å². The second-order valence-corrected chi connectivity index (χ2v) is 8.21. The van der Waals surface area contributed by atoms with Gasteiger partial charge in [0.05, 0.1) is 11.5 Å². The molecule has 0 aromatic heterocycles. The Morgan fingerprint density at radius 3 is 2.26 bits per heavy atom. The summed E-state index contributed by atoms with van der Waals surface area (Å²) in [5.41, 5.74) is -1.37. The van der Waals surface area contributed by atoms with Gasteiger partial charge in [0.1, 0.15) is 5.60 Å². The predicted molar refractivity (Wildman–Crippen MR) is 76.8 cm³/mol. The molecule has 0 spiro atoms. The van der Waals surface area contributed by atoms with Crippen LogP contribution in [0, 0.1) is 17.3 Å². The van der Waals surface area contributed by atoms with Crippen LogP contribution in [0.1, 0.15) is 67.7 Å². The van der Waals surface area contributed by atoms with Crippen LogP contribution in [0.4, 0.5) is 0 Å². The van der Waals surface area contributed by atoms with Crippen molar-refractivity contribution in [3.63, 3.8) is 0 Å². The highest BCUT2D eigenvalue weighted by molar-refractivity contribution is 5.74. The minimum Gasteiger partial charge on any atom is -0.460 e. The van der Waals surface area contributed by atoms with E-state index in [0.29, 0.717) is 18.8 Å². The van der Waals surface area contributed by atoms with Crippen molar-refractivity contribution in [3.8, 4) is 0 Å². The molecular formula is C16H30O3. The van der Waals surface area contributed by atoms with E-state index in [1.54, 1.807) is 6.92 Å². The van der Waals surface area contributed by atoms with Crippen LogP contribution in [0.5, 0.6) is 0 Å². The Labute approximate surface area is 117 Å². The Morgan fingerprint density at radius 1 is 1.32 bits per heavy atom. The largest absolute Gasteiger partial charge is 0.460 e. The van der Waals surface area contributed by atoms with E-state index < -0.39 is 17.1 Å². The minimum atomic E-state index is -0.941. The van der Waals surface area contributed by atoms with Crippen molar-refractivity contribution >= 4 is 5.97 Å². The van der Waals surface area contributed by atoms with Crippen molar-refractivity contribution in [2.24, 2.45) is 17.3 Å². The number of esters is 1. The Morgan fingerprint density at radius 2 is 1.84 bits per heavy atom. The molecular weight excluding hydrogens is 240 g/mol. The van der Waals surface area contributed by atoms with Gasteiger partial charge >= 0.3 is 5.97 Å². The maximum absolute atomic E-state index is 12.2. The van der Waals surface area contributed by atoms with Gasteiger partial charge < -0.3 is 9.84 Å². The van der Waals surface area contributed by atoms with Gasteiger partial charge in [0, 0.05) is 0 Å². The summed E-state index contributed by atoms with van der Waals surface area (Å²) in [5, 5.41) is 10.9. The third-order valence-corrected chi connectivity index (χ3v) is 3.95. The molecule has 0 heterocycles. The third kappa shape index (κ3) is 4.48. The Kier molecular flexibility index (Phi) is 4.41. The van der Waals surface area contributed by atoms with E-state index in [4.69, 9.17) is 4.74 Å². The molecule has 0 amide bonds. The van der Waals surface area contributed by atoms with Crippen LogP contribution >= 0.6 is 0 Å². The van der Waals surface area contributed by atoms with Crippen molar-refractivity contribution in [3.05, 3.63) is 0 Å². The summed E-state index contributed by atoms with van der Waals surface area (Å²) in [6, 6.07) is 0. The van der Waals surface area contributed by atoms with Crippen LogP contribution in [0.2, 0.25) is 0 Å². The Bertz CT molecular complexity index is 340. The van der Waals surface area contributed by atoms with Gasteiger partial charge in [-0.1, -0.05) is 20.8 Å². The predicted octanol–water partition coefficient (Wildman–Crippen LogP) is 3.54. The standard InChI is InChI=1S/C16H30O3/c1-11-8-15(6,7)10-16(18,9-11)12(2)13(17)19-14(3,4)5/h11-12,18H,8-10H2,1-7H3. The Balaban J connectivity index is 2.84. The molecule has 1 aliphatic carbocycles. The number of carbonyl (C=O) groups excluding carboxylic acids is 1.